The molecule has 0 saturated carbocycles. The topological polar surface area (TPSA) is 64.6 Å². The quantitative estimate of drug-likeness (QED) is 0.602. The first-order valence-corrected chi connectivity index (χ1v) is 9.09. The lowest BCUT2D eigenvalue weighted by Gasteiger charge is -2.30. The Labute approximate surface area is 163 Å². The molecular weight excluding hydrogens is 361 g/mol. The monoisotopic (exact) mass is 383 g/mol. The predicted octanol–water partition coefficient (Wildman–Crippen LogP) is 4.07. The highest BCUT2D eigenvalue weighted by atomic mass is 19.1. The fraction of sp³-hybridized carbons (Fsp3) is 0.273. The number of benzene rings is 2. The van der Waals surface area contributed by atoms with E-state index in [0.29, 0.717) is 23.6 Å². The molecular formula is C22H22FNO4. The van der Waals surface area contributed by atoms with Crippen LogP contribution in [0.1, 0.15) is 24.8 Å². The van der Waals surface area contributed by atoms with Gasteiger partial charge in [0.2, 0.25) is 0 Å². The summed E-state index contributed by atoms with van der Waals surface area (Å²) in [4.78, 5) is 25.3. The zero-order valence-electron chi connectivity index (χ0n) is 15.8. The van der Waals surface area contributed by atoms with Gasteiger partial charge >= 0.3 is 5.97 Å². The molecule has 1 N–H and O–H groups in total. The molecule has 3 rings (SSSR count). The van der Waals surface area contributed by atoms with Crippen molar-refractivity contribution in [2.75, 3.05) is 19.0 Å². The summed E-state index contributed by atoms with van der Waals surface area (Å²) in [6, 6.07) is 13.3. The fourth-order valence-corrected chi connectivity index (χ4v) is 3.41. The Balaban J connectivity index is 1.94. The van der Waals surface area contributed by atoms with Gasteiger partial charge in [0.1, 0.15) is 17.5 Å². The fourth-order valence-electron chi connectivity index (χ4n) is 3.41. The first-order chi connectivity index (χ1) is 13.5. The zero-order chi connectivity index (χ0) is 20.1. The maximum absolute atomic E-state index is 13.5. The van der Waals surface area contributed by atoms with Crippen molar-refractivity contribution in [3.63, 3.8) is 0 Å². The number of hydrogen-bond donors (Lipinski definition) is 1. The number of nitrogens with one attached hydrogen (secondary N) is 1. The number of hydrogen-bond acceptors (Lipinski definition) is 5. The molecule has 5 nitrogen and oxygen atoms in total. The second-order valence-electron chi connectivity index (χ2n) is 6.52. The molecule has 1 aliphatic rings. The predicted molar refractivity (Wildman–Crippen MR) is 104 cm³/mol. The summed E-state index contributed by atoms with van der Waals surface area (Å²) in [5, 5.41) is 3.09. The molecule has 0 aliphatic heterocycles. The summed E-state index contributed by atoms with van der Waals surface area (Å²) in [7, 11) is 1.56. The summed E-state index contributed by atoms with van der Waals surface area (Å²) < 4.78 is 23.9. The van der Waals surface area contributed by atoms with E-state index in [1.807, 2.05) is 18.2 Å². The van der Waals surface area contributed by atoms with Gasteiger partial charge in [0, 0.05) is 23.4 Å². The van der Waals surface area contributed by atoms with Crippen molar-refractivity contribution < 1.29 is 23.5 Å². The number of carbonyl (C=O) groups is 2. The maximum atomic E-state index is 13.5. The van der Waals surface area contributed by atoms with Gasteiger partial charge in [-0.25, -0.2) is 4.39 Å². The number of anilines is 1. The van der Waals surface area contributed by atoms with Crippen LogP contribution >= 0.6 is 0 Å². The summed E-state index contributed by atoms with van der Waals surface area (Å²) in [5.74, 6) is -1.95. The van der Waals surface area contributed by atoms with E-state index in [2.05, 4.69) is 5.32 Å². The minimum Gasteiger partial charge on any atom is -0.497 e. The van der Waals surface area contributed by atoms with Crippen LogP contribution in [0.25, 0.3) is 0 Å². The Kier molecular flexibility index (Phi) is 6.09. The van der Waals surface area contributed by atoms with Gasteiger partial charge in [0.05, 0.1) is 13.7 Å². The van der Waals surface area contributed by atoms with Crippen LogP contribution in [0.4, 0.5) is 10.1 Å². The first kappa shape index (κ1) is 19.6. The van der Waals surface area contributed by atoms with E-state index in [4.69, 9.17) is 9.47 Å². The Morgan fingerprint density at radius 2 is 2.00 bits per heavy atom. The summed E-state index contributed by atoms with van der Waals surface area (Å²) in [6.07, 6.45) is 1.81. The molecule has 0 amide bonds. The van der Waals surface area contributed by atoms with E-state index in [9.17, 15) is 14.0 Å². The third-order valence-electron chi connectivity index (χ3n) is 4.66. The van der Waals surface area contributed by atoms with Crippen LogP contribution < -0.4 is 10.1 Å². The Bertz CT molecular complexity index is 909. The van der Waals surface area contributed by atoms with E-state index in [1.54, 1.807) is 32.2 Å². The Morgan fingerprint density at radius 3 is 2.71 bits per heavy atom. The van der Waals surface area contributed by atoms with Gasteiger partial charge in [-0.15, -0.1) is 0 Å². The van der Waals surface area contributed by atoms with E-state index in [1.165, 1.54) is 18.2 Å². The number of esters is 1. The van der Waals surface area contributed by atoms with Crippen molar-refractivity contribution >= 4 is 17.4 Å². The Morgan fingerprint density at radius 1 is 1.21 bits per heavy atom. The largest absolute Gasteiger partial charge is 0.497 e. The molecule has 1 aliphatic carbocycles. The summed E-state index contributed by atoms with van der Waals surface area (Å²) in [5.41, 5.74) is 1.96. The van der Waals surface area contributed by atoms with Crippen LogP contribution in [-0.4, -0.2) is 25.5 Å². The molecule has 0 unspecified atom stereocenters. The average Bonchev–Trinajstić information content (AvgIpc) is 2.67. The van der Waals surface area contributed by atoms with Crippen LogP contribution in [0.2, 0.25) is 0 Å². The molecule has 0 spiro atoms. The zero-order valence-corrected chi connectivity index (χ0v) is 15.8. The van der Waals surface area contributed by atoms with Crippen molar-refractivity contribution in [1.82, 2.24) is 0 Å². The van der Waals surface area contributed by atoms with Crippen LogP contribution in [0.5, 0.6) is 5.75 Å². The average molecular weight is 383 g/mol. The number of rotatable bonds is 6. The highest BCUT2D eigenvalue weighted by Gasteiger charge is 2.39. The number of ether oxygens (including phenoxy) is 2. The van der Waals surface area contributed by atoms with Crippen molar-refractivity contribution in [3.8, 4) is 5.75 Å². The lowest BCUT2D eigenvalue weighted by atomic mass is 9.76. The second-order valence-corrected chi connectivity index (χ2v) is 6.52. The molecule has 0 saturated heterocycles. The van der Waals surface area contributed by atoms with Gasteiger partial charge in [-0.3, -0.25) is 9.59 Å². The lowest BCUT2D eigenvalue weighted by Crippen LogP contribution is -2.35. The Hall–Kier alpha value is -3.15. The molecule has 0 bridgehead atoms. The van der Waals surface area contributed by atoms with E-state index >= 15 is 0 Å². The first-order valence-electron chi connectivity index (χ1n) is 9.09. The third kappa shape index (κ3) is 4.39. The van der Waals surface area contributed by atoms with Crippen LogP contribution in [-0.2, 0) is 14.3 Å². The van der Waals surface area contributed by atoms with Gasteiger partial charge in [0.15, 0.2) is 5.78 Å². The minimum atomic E-state index is -0.926. The van der Waals surface area contributed by atoms with Gasteiger partial charge in [0.25, 0.3) is 0 Å². The van der Waals surface area contributed by atoms with Crippen molar-refractivity contribution in [2.45, 2.75) is 19.3 Å². The summed E-state index contributed by atoms with van der Waals surface area (Å²) >= 11 is 0. The highest BCUT2D eigenvalue weighted by molar-refractivity contribution is 6.07. The molecule has 0 heterocycles. The van der Waals surface area contributed by atoms with Gasteiger partial charge < -0.3 is 14.8 Å². The van der Waals surface area contributed by atoms with Crippen LogP contribution in [0, 0.1) is 11.7 Å². The third-order valence-corrected chi connectivity index (χ3v) is 4.66. The number of halogens is 1. The molecule has 6 heteroatoms. The van der Waals surface area contributed by atoms with Gasteiger partial charge in [-0.05, 0) is 49.2 Å². The normalized spacial score (nSPS) is 19.0. The standard InChI is InChI=1S/C22H22FNO4/c1-3-28-22(26)21-19(14-6-4-9-18(10-14)27-2)12-17(13-20(21)25)24-16-8-5-7-15(23)11-16/h4-11,13,19,21,24H,3,12H2,1-2H3/t19-,21-/m0/s1. The van der Waals surface area contributed by atoms with Crippen molar-refractivity contribution in [2.24, 2.45) is 5.92 Å². The number of allylic oxidation sites excluding steroid dienone is 2. The smallest absolute Gasteiger partial charge is 0.317 e. The van der Waals surface area contributed by atoms with Crippen LogP contribution in [0.3, 0.4) is 0 Å². The number of carbonyl (C=O) groups excluding carboxylic acids is 2. The maximum Gasteiger partial charge on any atom is 0.317 e. The lowest BCUT2D eigenvalue weighted by molar-refractivity contribution is -0.151. The number of methoxy groups -OCH3 is 1. The van der Waals surface area contributed by atoms with E-state index in [-0.39, 0.29) is 18.2 Å². The van der Waals surface area contributed by atoms with E-state index in [0.717, 1.165) is 5.56 Å². The van der Waals surface area contributed by atoms with Gasteiger partial charge in [-0.1, -0.05) is 18.2 Å². The van der Waals surface area contributed by atoms with Crippen molar-refractivity contribution in [1.29, 1.82) is 0 Å². The molecule has 2 atom stereocenters. The number of ketones is 1. The molecule has 0 aromatic heterocycles. The molecule has 0 fully saturated rings. The van der Waals surface area contributed by atoms with E-state index < -0.39 is 17.8 Å². The second kappa shape index (κ2) is 8.69. The minimum absolute atomic E-state index is 0.200. The molecule has 0 radical (unpaired) electrons. The summed E-state index contributed by atoms with van der Waals surface area (Å²) in [6.45, 7) is 1.91. The molecule has 146 valence electrons. The van der Waals surface area contributed by atoms with Gasteiger partial charge in [-0.2, -0.15) is 0 Å². The van der Waals surface area contributed by atoms with Crippen LogP contribution in [0.15, 0.2) is 60.3 Å². The molecule has 28 heavy (non-hydrogen) atoms. The SMILES string of the molecule is CCOC(=O)[C@@H]1C(=O)C=C(Nc2cccc(F)c2)C[C@H]1c1cccc(OC)c1. The van der Waals surface area contributed by atoms with Crippen molar-refractivity contribution in [3.05, 3.63) is 71.7 Å². The molecule has 2 aromatic rings. The highest BCUT2D eigenvalue weighted by Crippen LogP contribution is 2.38. The molecule has 2 aromatic carbocycles.